The van der Waals surface area contributed by atoms with Gasteiger partial charge in [0.05, 0.1) is 0 Å². The van der Waals surface area contributed by atoms with Crippen LogP contribution in [0.1, 0.15) is 110 Å². The maximum absolute atomic E-state index is 8.36. The van der Waals surface area contributed by atoms with Crippen molar-refractivity contribution in [2.75, 3.05) is 19.6 Å². The van der Waals surface area contributed by atoms with Crippen LogP contribution in [0.2, 0.25) is 0 Å². The first-order valence-corrected chi connectivity index (χ1v) is 11.4. The number of carbonyl (C=O) groups is 2. The lowest BCUT2D eigenvalue weighted by atomic mass is 10.1. The normalized spacial score (nSPS) is 9.10. The van der Waals surface area contributed by atoms with Gasteiger partial charge in [-0.3, -0.25) is 9.59 Å². The molecular weight excluding hydrogens is 370 g/mol. The number of rotatable bonds is 17. The molecule has 0 atom stereocenters. The predicted molar refractivity (Wildman–Crippen MR) is 124 cm³/mol. The first-order chi connectivity index (χ1) is 14.2. The van der Waals surface area contributed by atoms with Crippen LogP contribution in [0.25, 0.3) is 0 Å². The van der Waals surface area contributed by atoms with Crippen molar-refractivity contribution in [3.05, 3.63) is 0 Å². The summed E-state index contributed by atoms with van der Waals surface area (Å²) in [5.74, 6) is 0. The fraction of sp³-hybridized carbons (Fsp3) is 0.909. The van der Waals surface area contributed by atoms with Crippen molar-refractivity contribution in [2.45, 2.75) is 110 Å². The highest BCUT2D eigenvalue weighted by Gasteiger charge is 1.90. The van der Waals surface area contributed by atoms with Crippen molar-refractivity contribution in [1.29, 1.82) is 0 Å². The third-order valence-corrected chi connectivity index (χ3v) is 4.22. The van der Waals surface area contributed by atoms with E-state index in [1.807, 2.05) is 0 Å². The molecule has 7 heteroatoms. The minimum atomic E-state index is -0.250. The third kappa shape index (κ3) is 66.0. The first-order valence-electron chi connectivity index (χ1n) is 11.4. The summed E-state index contributed by atoms with van der Waals surface area (Å²) in [5.41, 5.74) is 16.2. The van der Waals surface area contributed by atoms with Crippen LogP contribution in [-0.2, 0) is 9.59 Å². The molecule has 0 bridgehead atoms. The second kappa shape index (κ2) is 45.5. The summed E-state index contributed by atoms with van der Waals surface area (Å²) >= 11 is 0. The van der Waals surface area contributed by atoms with Crippen LogP contribution in [-0.4, -0.2) is 42.8 Å². The molecule has 0 aromatic rings. The molecule has 0 amide bonds. The van der Waals surface area contributed by atoms with E-state index in [9.17, 15) is 0 Å². The average molecular weight is 422 g/mol. The van der Waals surface area contributed by atoms with Crippen LogP contribution in [0.15, 0.2) is 0 Å². The summed E-state index contributed by atoms with van der Waals surface area (Å²) in [5, 5.41) is 13.8. The molecule has 0 fully saturated rings. The summed E-state index contributed by atoms with van der Waals surface area (Å²) in [4.78, 5) is 16.7. The monoisotopic (exact) mass is 421 g/mol. The van der Waals surface area contributed by atoms with E-state index in [4.69, 9.17) is 37.0 Å². The third-order valence-electron chi connectivity index (χ3n) is 4.22. The second-order valence-electron chi connectivity index (χ2n) is 6.88. The van der Waals surface area contributed by atoms with E-state index in [0.717, 1.165) is 19.6 Å². The van der Waals surface area contributed by atoms with E-state index < -0.39 is 0 Å². The summed E-state index contributed by atoms with van der Waals surface area (Å²) in [7, 11) is 0. The lowest BCUT2D eigenvalue weighted by molar-refractivity contribution is -0.123. The maximum atomic E-state index is 8.36. The molecule has 29 heavy (non-hydrogen) atoms. The van der Waals surface area contributed by atoms with Crippen molar-refractivity contribution in [2.24, 2.45) is 17.2 Å². The highest BCUT2D eigenvalue weighted by molar-refractivity contribution is 5.33. The Morgan fingerprint density at radius 1 is 0.483 bits per heavy atom. The van der Waals surface area contributed by atoms with Crippen LogP contribution >= 0.6 is 0 Å². The van der Waals surface area contributed by atoms with E-state index >= 15 is 0 Å². The van der Waals surface area contributed by atoms with Crippen LogP contribution in [0, 0.1) is 0 Å². The standard InChI is InChI=1S/C10H24N2.C10H23N.2CH2O2/c11-9-7-5-3-1-2-4-6-8-10-12;1-2-3-4-5-6-7-8-9-10-11;2*2-1-3/h1-12H2;2-11H2,1H3;2*1H,(H,2,3). The summed E-state index contributed by atoms with van der Waals surface area (Å²) in [6, 6.07) is 0. The molecule has 178 valence electrons. The maximum Gasteiger partial charge on any atom is 0.290 e. The number of hydrogen-bond acceptors (Lipinski definition) is 5. The van der Waals surface area contributed by atoms with Crippen LogP contribution in [0.5, 0.6) is 0 Å². The van der Waals surface area contributed by atoms with Gasteiger partial charge in [0.25, 0.3) is 12.9 Å². The van der Waals surface area contributed by atoms with Crippen LogP contribution in [0.3, 0.4) is 0 Å². The molecule has 0 aliphatic rings. The molecular formula is C22H51N3O4. The lowest BCUT2D eigenvalue weighted by Gasteiger charge is -2.00. The molecule has 7 nitrogen and oxygen atoms in total. The van der Waals surface area contributed by atoms with Gasteiger partial charge in [0, 0.05) is 0 Å². The minimum absolute atomic E-state index is 0.250. The molecule has 0 aliphatic heterocycles. The highest BCUT2D eigenvalue weighted by atomic mass is 16.3. The van der Waals surface area contributed by atoms with Crippen LogP contribution in [0.4, 0.5) is 0 Å². The van der Waals surface area contributed by atoms with Crippen molar-refractivity contribution < 1.29 is 19.8 Å². The molecule has 0 radical (unpaired) electrons. The zero-order valence-corrected chi connectivity index (χ0v) is 19.0. The van der Waals surface area contributed by atoms with Gasteiger partial charge in [-0.25, -0.2) is 0 Å². The van der Waals surface area contributed by atoms with Crippen molar-refractivity contribution in [3.8, 4) is 0 Å². The van der Waals surface area contributed by atoms with E-state index in [1.165, 1.54) is 103 Å². The lowest BCUT2D eigenvalue weighted by Crippen LogP contribution is -1.98. The largest absolute Gasteiger partial charge is 0.483 e. The fourth-order valence-corrected chi connectivity index (χ4v) is 2.63. The number of hydrogen-bond donors (Lipinski definition) is 5. The zero-order valence-electron chi connectivity index (χ0n) is 19.0. The molecule has 0 unspecified atom stereocenters. The SMILES string of the molecule is CCCCCCCCCCN.NCCCCCCCCCCN.O=CO.O=CO. The van der Waals surface area contributed by atoms with Gasteiger partial charge in [-0.15, -0.1) is 0 Å². The van der Waals surface area contributed by atoms with Gasteiger partial charge in [-0.05, 0) is 38.9 Å². The van der Waals surface area contributed by atoms with Gasteiger partial charge in [0.15, 0.2) is 0 Å². The highest BCUT2D eigenvalue weighted by Crippen LogP contribution is 2.08. The predicted octanol–water partition coefficient (Wildman–Crippen LogP) is 4.51. The topological polar surface area (TPSA) is 153 Å². The van der Waals surface area contributed by atoms with E-state index in [2.05, 4.69) is 6.92 Å². The molecule has 0 spiro atoms. The summed E-state index contributed by atoms with van der Waals surface area (Å²) in [6.45, 7) is 4.34. The Bertz CT molecular complexity index is 234. The smallest absolute Gasteiger partial charge is 0.290 e. The Labute approximate surface area is 179 Å². The molecule has 0 heterocycles. The van der Waals surface area contributed by atoms with Gasteiger partial charge in [-0.1, -0.05) is 90.4 Å². The average Bonchev–Trinajstić information content (AvgIpc) is 2.71. The zero-order chi connectivity index (χ0) is 22.8. The number of carboxylic acid groups (broad SMARTS) is 2. The first kappa shape index (κ1) is 35.3. The molecule has 0 rings (SSSR count). The van der Waals surface area contributed by atoms with E-state index in [-0.39, 0.29) is 12.9 Å². The van der Waals surface area contributed by atoms with E-state index in [1.54, 1.807) is 0 Å². The van der Waals surface area contributed by atoms with Crippen molar-refractivity contribution >= 4 is 12.9 Å². The quantitative estimate of drug-likeness (QED) is 0.171. The van der Waals surface area contributed by atoms with Gasteiger partial charge in [-0.2, -0.15) is 0 Å². The Balaban J connectivity index is -0.000000170. The second-order valence-corrected chi connectivity index (χ2v) is 6.88. The van der Waals surface area contributed by atoms with Crippen LogP contribution < -0.4 is 17.2 Å². The van der Waals surface area contributed by atoms with Crippen molar-refractivity contribution in [3.63, 3.8) is 0 Å². The Morgan fingerprint density at radius 2 is 0.655 bits per heavy atom. The molecule has 0 saturated heterocycles. The summed E-state index contributed by atoms with van der Waals surface area (Å²) < 4.78 is 0. The van der Waals surface area contributed by atoms with Gasteiger partial charge >= 0.3 is 0 Å². The summed E-state index contributed by atoms with van der Waals surface area (Å²) in [6.07, 6.45) is 21.5. The number of nitrogens with two attached hydrogens (primary N) is 3. The molecule has 8 N–H and O–H groups in total. The molecule has 0 aromatic carbocycles. The molecule has 0 aliphatic carbocycles. The fourth-order valence-electron chi connectivity index (χ4n) is 2.63. The molecule has 0 aromatic heterocycles. The van der Waals surface area contributed by atoms with Gasteiger partial charge < -0.3 is 27.4 Å². The van der Waals surface area contributed by atoms with Gasteiger partial charge in [0.1, 0.15) is 0 Å². The van der Waals surface area contributed by atoms with Crippen molar-refractivity contribution in [1.82, 2.24) is 0 Å². The minimum Gasteiger partial charge on any atom is -0.483 e. The van der Waals surface area contributed by atoms with Gasteiger partial charge in [0.2, 0.25) is 0 Å². The Kier molecular flexibility index (Phi) is 55.4. The molecule has 0 saturated carbocycles. The Hall–Kier alpha value is -1.18. The number of unbranched alkanes of at least 4 members (excludes halogenated alkanes) is 14. The van der Waals surface area contributed by atoms with E-state index in [0.29, 0.717) is 0 Å². The Morgan fingerprint density at radius 3 is 0.828 bits per heavy atom.